The maximum absolute atomic E-state index is 12.5. The molecule has 0 N–H and O–H groups in total. The number of carbonyl (C=O) groups excluding carboxylic acids is 1. The van der Waals surface area contributed by atoms with E-state index in [0.717, 1.165) is 16.9 Å². The summed E-state index contributed by atoms with van der Waals surface area (Å²) in [6, 6.07) is 7.84. The second-order valence-corrected chi connectivity index (χ2v) is 13.3. The largest absolute Gasteiger partial charge is 0.497 e. The molecule has 0 fully saturated rings. The molecule has 0 heterocycles. The Morgan fingerprint density at radius 1 is 1.12 bits per heavy atom. The fraction of sp³-hybridized carbons (Fsp3) is 0.571. The Labute approximate surface area is 158 Å². The maximum atomic E-state index is 12.5. The summed E-state index contributed by atoms with van der Waals surface area (Å²) in [5.74, 6) is 0.896. The van der Waals surface area contributed by atoms with Crippen LogP contribution in [0, 0.1) is 0 Å². The first-order chi connectivity index (χ1) is 12.0. The van der Waals surface area contributed by atoms with E-state index in [-0.39, 0.29) is 16.9 Å². The van der Waals surface area contributed by atoms with Crippen LogP contribution in [0.4, 0.5) is 0 Å². The zero-order valence-electron chi connectivity index (χ0n) is 17.1. The summed E-state index contributed by atoms with van der Waals surface area (Å²) in [5.41, 5.74) is 2.05. The van der Waals surface area contributed by atoms with Crippen molar-refractivity contribution < 1.29 is 18.7 Å². The van der Waals surface area contributed by atoms with Crippen molar-refractivity contribution in [2.75, 3.05) is 7.11 Å². The summed E-state index contributed by atoms with van der Waals surface area (Å²) in [6.45, 7) is 13.4. The molecule has 0 aromatic heterocycles. The van der Waals surface area contributed by atoms with Crippen LogP contribution < -0.4 is 4.74 Å². The van der Waals surface area contributed by atoms with Gasteiger partial charge in [0.05, 0.1) is 19.8 Å². The molecule has 0 saturated heterocycles. The molecule has 1 aromatic carbocycles. The molecule has 2 rings (SSSR count). The van der Waals surface area contributed by atoms with Crippen LogP contribution >= 0.6 is 0 Å². The van der Waals surface area contributed by atoms with Gasteiger partial charge in [0.2, 0.25) is 0 Å². The average Bonchev–Trinajstić information content (AvgIpc) is 2.55. The normalized spacial score (nSPS) is 21.5. The van der Waals surface area contributed by atoms with Gasteiger partial charge in [0, 0.05) is 6.42 Å². The van der Waals surface area contributed by atoms with Gasteiger partial charge >= 0.3 is 0 Å². The Morgan fingerprint density at radius 2 is 1.73 bits per heavy atom. The molecular weight excluding hydrogens is 344 g/mol. The Hall–Kier alpha value is -1.43. The van der Waals surface area contributed by atoms with Gasteiger partial charge in [-0.1, -0.05) is 32.9 Å². The predicted molar refractivity (Wildman–Crippen MR) is 107 cm³/mol. The highest BCUT2D eigenvalue weighted by Gasteiger charge is 2.42. The van der Waals surface area contributed by atoms with Gasteiger partial charge in [0.1, 0.15) is 11.9 Å². The number of carbonyl (C=O) groups is 1. The quantitative estimate of drug-likeness (QED) is 0.663. The summed E-state index contributed by atoms with van der Waals surface area (Å²) in [6.07, 6.45) is 1.79. The highest BCUT2D eigenvalue weighted by Crippen LogP contribution is 2.38. The molecule has 0 spiro atoms. The molecule has 1 aliphatic carbocycles. The van der Waals surface area contributed by atoms with E-state index in [0.29, 0.717) is 13.0 Å². The lowest BCUT2D eigenvalue weighted by atomic mass is 9.94. The van der Waals surface area contributed by atoms with Gasteiger partial charge in [0.25, 0.3) is 0 Å². The first-order valence-electron chi connectivity index (χ1n) is 9.18. The van der Waals surface area contributed by atoms with E-state index in [9.17, 15) is 4.79 Å². The van der Waals surface area contributed by atoms with Crippen LogP contribution in [0.3, 0.4) is 0 Å². The highest BCUT2D eigenvalue weighted by atomic mass is 28.4. The lowest BCUT2D eigenvalue weighted by Gasteiger charge is -2.40. The van der Waals surface area contributed by atoms with Crippen molar-refractivity contribution in [3.8, 4) is 5.75 Å². The van der Waals surface area contributed by atoms with E-state index in [2.05, 4.69) is 33.9 Å². The van der Waals surface area contributed by atoms with E-state index in [1.807, 2.05) is 31.2 Å². The van der Waals surface area contributed by atoms with Crippen molar-refractivity contribution in [3.63, 3.8) is 0 Å². The monoisotopic (exact) mass is 376 g/mol. The summed E-state index contributed by atoms with van der Waals surface area (Å²) in [7, 11) is -0.349. The summed E-state index contributed by atoms with van der Waals surface area (Å²) < 4.78 is 17.7. The molecule has 1 aliphatic rings. The van der Waals surface area contributed by atoms with Crippen LogP contribution in [0.15, 0.2) is 35.9 Å². The van der Waals surface area contributed by atoms with Crippen molar-refractivity contribution in [3.05, 3.63) is 41.5 Å². The minimum atomic E-state index is -2.00. The standard InChI is InChI=1S/C21H32O4Si/c1-15-12-18(22)20(25-26(6,7)21(2,3)4)13-19(15)24-14-16-8-10-17(23-5)11-9-16/h8-12,19-20H,13-14H2,1-7H3/t19-,20-/m0/s1. The van der Waals surface area contributed by atoms with Gasteiger partial charge < -0.3 is 13.9 Å². The maximum Gasteiger partial charge on any atom is 0.193 e. The zero-order chi connectivity index (χ0) is 19.5. The number of methoxy groups -OCH3 is 1. The Bertz CT molecular complexity index is 656. The number of hydrogen-bond acceptors (Lipinski definition) is 4. The molecule has 0 amide bonds. The third-order valence-corrected chi connectivity index (χ3v) is 9.96. The molecule has 0 unspecified atom stereocenters. The molecule has 4 nitrogen and oxygen atoms in total. The average molecular weight is 377 g/mol. The van der Waals surface area contributed by atoms with Gasteiger partial charge in [-0.05, 0) is 54.4 Å². The minimum absolute atomic E-state index is 0.0663. The molecule has 0 bridgehead atoms. The number of ketones is 1. The van der Waals surface area contributed by atoms with Crippen molar-refractivity contribution in [1.82, 2.24) is 0 Å². The topological polar surface area (TPSA) is 44.8 Å². The fourth-order valence-corrected chi connectivity index (χ4v) is 3.94. The lowest BCUT2D eigenvalue weighted by molar-refractivity contribution is -0.124. The van der Waals surface area contributed by atoms with E-state index in [1.54, 1.807) is 13.2 Å². The number of benzene rings is 1. The second kappa shape index (κ2) is 8.07. The summed E-state index contributed by atoms with van der Waals surface area (Å²) in [4.78, 5) is 12.5. The number of ether oxygens (including phenoxy) is 2. The molecule has 26 heavy (non-hydrogen) atoms. The number of hydrogen-bond donors (Lipinski definition) is 0. The van der Waals surface area contributed by atoms with Gasteiger partial charge in [-0.2, -0.15) is 0 Å². The van der Waals surface area contributed by atoms with Crippen molar-refractivity contribution in [2.24, 2.45) is 0 Å². The first-order valence-corrected chi connectivity index (χ1v) is 12.1. The first kappa shape index (κ1) is 20.9. The van der Waals surface area contributed by atoms with Gasteiger partial charge in [-0.15, -0.1) is 0 Å². The minimum Gasteiger partial charge on any atom is -0.497 e. The molecule has 144 valence electrons. The molecule has 2 atom stereocenters. The van der Waals surface area contributed by atoms with E-state index in [4.69, 9.17) is 13.9 Å². The van der Waals surface area contributed by atoms with Crippen LogP contribution in [0.5, 0.6) is 5.75 Å². The third-order valence-electron chi connectivity index (χ3n) is 5.48. The van der Waals surface area contributed by atoms with Crippen LogP contribution in [0.25, 0.3) is 0 Å². The van der Waals surface area contributed by atoms with Crippen LogP contribution in [-0.2, 0) is 20.6 Å². The Balaban J connectivity index is 2.03. The lowest BCUT2D eigenvalue weighted by Crippen LogP contribution is -2.48. The van der Waals surface area contributed by atoms with Crippen LogP contribution in [0.1, 0.15) is 39.7 Å². The highest BCUT2D eigenvalue weighted by molar-refractivity contribution is 6.74. The Morgan fingerprint density at radius 3 is 2.27 bits per heavy atom. The fourth-order valence-electron chi connectivity index (χ4n) is 2.66. The molecule has 0 saturated carbocycles. The molecule has 5 heteroatoms. The Kier molecular flexibility index (Phi) is 6.48. The molecule has 0 aliphatic heterocycles. The van der Waals surface area contributed by atoms with Gasteiger partial charge in [-0.25, -0.2) is 0 Å². The molecular formula is C21H32O4Si. The van der Waals surface area contributed by atoms with Gasteiger partial charge in [0.15, 0.2) is 14.1 Å². The molecule has 1 aromatic rings. The third kappa shape index (κ3) is 5.06. The predicted octanol–water partition coefficient (Wildman–Crippen LogP) is 4.89. The summed E-state index contributed by atoms with van der Waals surface area (Å²) >= 11 is 0. The smallest absolute Gasteiger partial charge is 0.193 e. The van der Waals surface area contributed by atoms with E-state index in [1.165, 1.54) is 0 Å². The van der Waals surface area contributed by atoms with Crippen LogP contribution in [-0.4, -0.2) is 33.4 Å². The van der Waals surface area contributed by atoms with Crippen LogP contribution in [0.2, 0.25) is 18.1 Å². The second-order valence-electron chi connectivity index (χ2n) is 8.54. The van der Waals surface area contributed by atoms with Crippen molar-refractivity contribution in [2.45, 2.75) is 71.1 Å². The van der Waals surface area contributed by atoms with Crippen molar-refractivity contribution >= 4 is 14.1 Å². The van der Waals surface area contributed by atoms with Crippen molar-refractivity contribution in [1.29, 1.82) is 0 Å². The van der Waals surface area contributed by atoms with E-state index >= 15 is 0 Å². The number of rotatable bonds is 6. The zero-order valence-corrected chi connectivity index (χ0v) is 18.1. The SMILES string of the molecule is COc1ccc(CO[C@H]2C[C@H](O[Si](C)(C)C(C)(C)C)C(=O)C=C2C)cc1. The van der Waals surface area contributed by atoms with Gasteiger partial charge in [-0.3, -0.25) is 4.79 Å². The summed E-state index contributed by atoms with van der Waals surface area (Å²) in [5, 5.41) is 0.0724. The van der Waals surface area contributed by atoms with E-state index < -0.39 is 14.4 Å². The molecule has 0 radical (unpaired) electrons.